The lowest BCUT2D eigenvalue weighted by molar-refractivity contribution is -0.147. The van der Waals surface area contributed by atoms with Gasteiger partial charge in [0.25, 0.3) is 5.91 Å². The first-order valence-corrected chi connectivity index (χ1v) is 8.55. The molecule has 1 saturated heterocycles. The Morgan fingerprint density at radius 3 is 2.79 bits per heavy atom. The van der Waals surface area contributed by atoms with Crippen LogP contribution in [0.25, 0.3) is 0 Å². The number of nitrogens with zero attached hydrogens (tertiary/aromatic N) is 1. The van der Waals surface area contributed by atoms with Gasteiger partial charge in [-0.05, 0) is 56.9 Å². The Kier molecular flexibility index (Phi) is 6.53. The Labute approximate surface area is 149 Å². The lowest BCUT2D eigenvalue weighted by Crippen LogP contribution is -2.52. The average molecular weight is 350 g/mol. The minimum Gasteiger partial charge on any atom is -0.478 e. The van der Waals surface area contributed by atoms with E-state index in [-0.39, 0.29) is 5.91 Å². The second-order valence-corrected chi connectivity index (χ2v) is 6.98. The summed E-state index contributed by atoms with van der Waals surface area (Å²) < 4.78 is 11.3. The number of ether oxygens (including phenoxy) is 2. The van der Waals surface area contributed by atoms with E-state index in [9.17, 15) is 4.79 Å². The van der Waals surface area contributed by atoms with E-state index in [0.29, 0.717) is 36.4 Å². The molecule has 4 nitrogen and oxygen atoms in total. The Bertz CT molecular complexity index is 592. The molecule has 1 aromatic rings. The number of carbonyl (C=O) groups is 1. The summed E-state index contributed by atoms with van der Waals surface area (Å²) in [5.41, 5.74) is -0.935. The molecule has 1 aliphatic heterocycles. The van der Waals surface area contributed by atoms with Crippen molar-refractivity contribution in [3.05, 3.63) is 29.3 Å². The molecule has 0 spiro atoms. The van der Waals surface area contributed by atoms with Crippen LogP contribution in [0.2, 0.25) is 5.02 Å². The standard InChI is InChI=1S/C19H24ClNO3/c1-4-12-23-14-15-6-5-11-21(13-15)18(22)19(2,3)24-17-9-7-16(20)8-10-17/h1,7-10,15H,5-6,11-14H2,2-3H3. The largest absolute Gasteiger partial charge is 0.478 e. The van der Waals surface area contributed by atoms with Gasteiger partial charge in [-0.25, -0.2) is 0 Å². The van der Waals surface area contributed by atoms with Crippen LogP contribution in [0.5, 0.6) is 5.75 Å². The van der Waals surface area contributed by atoms with Gasteiger partial charge in [-0.15, -0.1) is 6.42 Å². The molecular weight excluding hydrogens is 326 g/mol. The molecule has 0 N–H and O–H groups in total. The normalized spacial score (nSPS) is 18.1. The number of carbonyl (C=O) groups excluding carboxylic acids is 1. The van der Waals surface area contributed by atoms with Gasteiger partial charge >= 0.3 is 0 Å². The number of likely N-dealkylation sites (tertiary alicyclic amines) is 1. The molecule has 1 aliphatic rings. The highest BCUT2D eigenvalue weighted by Crippen LogP contribution is 2.25. The zero-order valence-corrected chi connectivity index (χ0v) is 15.0. The number of terminal acetylenes is 1. The van der Waals surface area contributed by atoms with Crippen molar-refractivity contribution >= 4 is 17.5 Å². The van der Waals surface area contributed by atoms with Gasteiger partial charge in [0.1, 0.15) is 12.4 Å². The fraction of sp³-hybridized carbons (Fsp3) is 0.526. The van der Waals surface area contributed by atoms with Crippen LogP contribution in [0.1, 0.15) is 26.7 Å². The number of benzene rings is 1. The molecule has 1 aromatic carbocycles. The summed E-state index contributed by atoms with van der Waals surface area (Å²) in [5, 5.41) is 0.636. The second kappa shape index (κ2) is 8.41. The summed E-state index contributed by atoms with van der Waals surface area (Å²) in [6, 6.07) is 7.03. The van der Waals surface area contributed by atoms with Gasteiger partial charge < -0.3 is 14.4 Å². The molecule has 1 amide bonds. The van der Waals surface area contributed by atoms with E-state index in [1.54, 1.807) is 38.1 Å². The highest BCUT2D eigenvalue weighted by molar-refractivity contribution is 6.30. The predicted octanol–water partition coefficient (Wildman–Crippen LogP) is 3.39. The summed E-state index contributed by atoms with van der Waals surface area (Å²) in [6.07, 6.45) is 7.21. The molecule has 1 heterocycles. The predicted molar refractivity (Wildman–Crippen MR) is 95.1 cm³/mol. The van der Waals surface area contributed by atoms with Crippen molar-refractivity contribution in [3.63, 3.8) is 0 Å². The molecule has 1 atom stereocenters. The van der Waals surface area contributed by atoms with Gasteiger partial charge in [0.2, 0.25) is 0 Å². The first kappa shape index (κ1) is 18.6. The van der Waals surface area contributed by atoms with Crippen molar-refractivity contribution < 1.29 is 14.3 Å². The number of hydrogen-bond acceptors (Lipinski definition) is 3. The lowest BCUT2D eigenvalue weighted by Gasteiger charge is -2.37. The molecule has 0 aliphatic carbocycles. The topological polar surface area (TPSA) is 38.8 Å². The van der Waals surface area contributed by atoms with Crippen molar-refractivity contribution in [1.82, 2.24) is 4.90 Å². The van der Waals surface area contributed by atoms with E-state index >= 15 is 0 Å². The van der Waals surface area contributed by atoms with Crippen LogP contribution in [0.3, 0.4) is 0 Å². The van der Waals surface area contributed by atoms with Gasteiger partial charge in [0.15, 0.2) is 5.60 Å². The zero-order valence-electron chi connectivity index (χ0n) is 14.3. The SMILES string of the molecule is C#CCOCC1CCCN(C(=O)C(C)(C)Oc2ccc(Cl)cc2)C1. The van der Waals surface area contributed by atoms with Gasteiger partial charge in [0.05, 0.1) is 6.61 Å². The van der Waals surface area contributed by atoms with Gasteiger partial charge in [-0.2, -0.15) is 0 Å². The molecule has 2 rings (SSSR count). The third-order valence-corrected chi connectivity index (χ3v) is 4.30. The Hall–Kier alpha value is -1.70. The third-order valence-electron chi connectivity index (χ3n) is 4.05. The minimum atomic E-state index is -0.935. The van der Waals surface area contributed by atoms with Crippen LogP contribution in [0.15, 0.2) is 24.3 Å². The molecular formula is C19H24ClNO3. The first-order valence-electron chi connectivity index (χ1n) is 8.17. The van der Waals surface area contributed by atoms with Crippen molar-refractivity contribution in [2.75, 3.05) is 26.3 Å². The number of halogens is 1. The van der Waals surface area contributed by atoms with Crippen molar-refractivity contribution in [1.29, 1.82) is 0 Å². The van der Waals surface area contributed by atoms with E-state index < -0.39 is 5.60 Å². The number of piperidine rings is 1. The summed E-state index contributed by atoms with van der Waals surface area (Å²) in [6.45, 7) is 5.92. The van der Waals surface area contributed by atoms with Crippen LogP contribution in [-0.2, 0) is 9.53 Å². The van der Waals surface area contributed by atoms with Gasteiger partial charge in [-0.1, -0.05) is 17.5 Å². The molecule has 0 aromatic heterocycles. The van der Waals surface area contributed by atoms with E-state index in [1.165, 1.54) is 0 Å². The van der Waals surface area contributed by atoms with E-state index in [4.69, 9.17) is 27.5 Å². The van der Waals surface area contributed by atoms with Crippen LogP contribution >= 0.6 is 11.6 Å². The van der Waals surface area contributed by atoms with Crippen molar-refractivity contribution in [3.8, 4) is 18.1 Å². The molecule has 130 valence electrons. The fourth-order valence-corrected chi connectivity index (χ4v) is 3.02. The smallest absolute Gasteiger partial charge is 0.266 e. The summed E-state index contributed by atoms with van der Waals surface area (Å²) in [4.78, 5) is 14.7. The highest BCUT2D eigenvalue weighted by Gasteiger charge is 2.36. The number of amides is 1. The highest BCUT2D eigenvalue weighted by atomic mass is 35.5. The molecule has 0 saturated carbocycles. The van der Waals surface area contributed by atoms with Crippen LogP contribution in [-0.4, -0.2) is 42.7 Å². The first-order chi connectivity index (χ1) is 11.4. The minimum absolute atomic E-state index is 0.0147. The maximum Gasteiger partial charge on any atom is 0.266 e. The van der Waals surface area contributed by atoms with E-state index in [0.717, 1.165) is 19.4 Å². The maximum absolute atomic E-state index is 12.9. The Morgan fingerprint density at radius 1 is 1.42 bits per heavy atom. The zero-order chi connectivity index (χ0) is 17.6. The third kappa shape index (κ3) is 5.15. The second-order valence-electron chi connectivity index (χ2n) is 6.54. The van der Waals surface area contributed by atoms with Crippen molar-refractivity contribution in [2.24, 2.45) is 5.92 Å². The number of hydrogen-bond donors (Lipinski definition) is 0. The van der Waals surface area contributed by atoms with Crippen LogP contribution in [0.4, 0.5) is 0 Å². The molecule has 24 heavy (non-hydrogen) atoms. The summed E-state index contributed by atoms with van der Waals surface area (Å²) in [7, 11) is 0. The summed E-state index contributed by atoms with van der Waals surface area (Å²) in [5.74, 6) is 3.40. The molecule has 0 radical (unpaired) electrons. The van der Waals surface area contributed by atoms with Crippen LogP contribution in [0, 0.1) is 18.3 Å². The van der Waals surface area contributed by atoms with E-state index in [2.05, 4.69) is 5.92 Å². The van der Waals surface area contributed by atoms with Crippen molar-refractivity contribution in [2.45, 2.75) is 32.3 Å². The molecule has 0 bridgehead atoms. The average Bonchev–Trinajstić information content (AvgIpc) is 2.56. The molecule has 1 fully saturated rings. The monoisotopic (exact) mass is 349 g/mol. The molecule has 1 unspecified atom stereocenters. The molecule has 5 heteroatoms. The van der Waals surface area contributed by atoms with Gasteiger partial charge in [-0.3, -0.25) is 4.79 Å². The quantitative estimate of drug-likeness (QED) is 0.583. The Morgan fingerprint density at radius 2 is 2.12 bits per heavy atom. The maximum atomic E-state index is 12.9. The number of rotatable bonds is 6. The fourth-order valence-electron chi connectivity index (χ4n) is 2.89. The van der Waals surface area contributed by atoms with Gasteiger partial charge in [0, 0.05) is 18.1 Å². The van der Waals surface area contributed by atoms with Crippen LogP contribution < -0.4 is 4.74 Å². The van der Waals surface area contributed by atoms with E-state index in [1.807, 2.05) is 4.90 Å². The Balaban J connectivity index is 1.95. The lowest BCUT2D eigenvalue weighted by atomic mass is 9.97. The summed E-state index contributed by atoms with van der Waals surface area (Å²) >= 11 is 5.88.